The summed E-state index contributed by atoms with van der Waals surface area (Å²) in [5, 5.41) is 2.03. The Morgan fingerprint density at radius 2 is 2.09 bits per heavy atom. The largest absolute Gasteiger partial charge is 0.369 e. The number of hydrogen-bond donors (Lipinski definition) is 0. The van der Waals surface area contributed by atoms with Crippen LogP contribution in [-0.2, 0) is 14.6 Å². The van der Waals surface area contributed by atoms with Gasteiger partial charge in [-0.1, -0.05) is 25.1 Å². The van der Waals surface area contributed by atoms with Crippen LogP contribution in [0.15, 0.2) is 46.7 Å². The van der Waals surface area contributed by atoms with E-state index in [0.717, 1.165) is 5.69 Å². The van der Waals surface area contributed by atoms with Crippen molar-refractivity contribution in [3.8, 4) is 0 Å². The van der Waals surface area contributed by atoms with Crippen molar-refractivity contribution in [3.63, 3.8) is 0 Å². The predicted octanol–water partition coefficient (Wildman–Crippen LogP) is 3.12. The minimum atomic E-state index is -3.23. The molecule has 6 heteroatoms. The van der Waals surface area contributed by atoms with Crippen molar-refractivity contribution in [2.24, 2.45) is 0 Å². The second-order valence-electron chi connectivity index (χ2n) is 5.19. The van der Waals surface area contributed by atoms with Gasteiger partial charge in [-0.25, -0.2) is 8.42 Å². The molecule has 1 aromatic heterocycles. The zero-order valence-corrected chi connectivity index (χ0v) is 14.1. The van der Waals surface area contributed by atoms with E-state index in [0.29, 0.717) is 24.6 Å². The standard InChI is InChI=1S/C16H19NO3S2/c1-2-22(18,19)16-8-4-3-6-13(16)17-9-10-20-14(12-17)15-7-5-11-21-15/h3-8,11,14H,2,9-10,12H2,1H3/t14-/m1/s1. The fourth-order valence-electron chi connectivity index (χ4n) is 2.65. The first-order valence-corrected chi connectivity index (χ1v) is 9.87. The highest BCUT2D eigenvalue weighted by Gasteiger charge is 2.26. The van der Waals surface area contributed by atoms with Crippen molar-refractivity contribution >= 4 is 26.9 Å². The second-order valence-corrected chi connectivity index (χ2v) is 8.42. The Bertz CT molecular complexity index is 726. The number of morpholine rings is 1. The number of hydrogen-bond acceptors (Lipinski definition) is 5. The van der Waals surface area contributed by atoms with Crippen molar-refractivity contribution in [2.75, 3.05) is 30.3 Å². The monoisotopic (exact) mass is 337 g/mol. The van der Waals surface area contributed by atoms with E-state index in [-0.39, 0.29) is 11.9 Å². The van der Waals surface area contributed by atoms with E-state index in [9.17, 15) is 8.42 Å². The van der Waals surface area contributed by atoms with Crippen LogP contribution < -0.4 is 4.90 Å². The third-order valence-corrected chi connectivity index (χ3v) is 6.59. The summed E-state index contributed by atoms with van der Waals surface area (Å²) in [5.41, 5.74) is 0.786. The minimum Gasteiger partial charge on any atom is -0.369 e. The number of rotatable bonds is 4. The van der Waals surface area contributed by atoms with Crippen molar-refractivity contribution in [3.05, 3.63) is 46.7 Å². The maximum absolute atomic E-state index is 12.3. The summed E-state index contributed by atoms with van der Waals surface area (Å²) in [7, 11) is -3.23. The molecule has 0 aliphatic carbocycles. The van der Waals surface area contributed by atoms with Crippen LogP contribution in [0.1, 0.15) is 17.9 Å². The first kappa shape index (κ1) is 15.5. The number of nitrogens with zero attached hydrogens (tertiary/aromatic N) is 1. The summed E-state index contributed by atoms with van der Waals surface area (Å²) in [6.45, 7) is 3.66. The topological polar surface area (TPSA) is 46.6 Å². The molecule has 4 nitrogen and oxygen atoms in total. The molecule has 1 fully saturated rings. The first-order valence-electron chi connectivity index (χ1n) is 7.33. The van der Waals surface area contributed by atoms with Crippen LogP contribution in [0, 0.1) is 0 Å². The summed E-state index contributed by atoms with van der Waals surface area (Å²) < 4.78 is 30.5. The number of thiophene rings is 1. The molecule has 0 bridgehead atoms. The van der Waals surface area contributed by atoms with E-state index in [1.807, 2.05) is 23.6 Å². The summed E-state index contributed by atoms with van der Waals surface area (Å²) in [6, 6.07) is 11.3. The quantitative estimate of drug-likeness (QED) is 0.860. The highest BCUT2D eigenvalue weighted by molar-refractivity contribution is 7.91. The van der Waals surface area contributed by atoms with Crippen LogP contribution >= 0.6 is 11.3 Å². The van der Waals surface area contributed by atoms with E-state index in [1.54, 1.807) is 30.4 Å². The highest BCUT2D eigenvalue weighted by atomic mass is 32.2. The lowest BCUT2D eigenvalue weighted by molar-refractivity contribution is 0.0419. The second kappa shape index (κ2) is 6.40. The molecule has 0 N–H and O–H groups in total. The lowest BCUT2D eigenvalue weighted by atomic mass is 10.2. The Morgan fingerprint density at radius 1 is 1.27 bits per heavy atom. The zero-order valence-electron chi connectivity index (χ0n) is 12.4. The van der Waals surface area contributed by atoms with Crippen molar-refractivity contribution in [1.29, 1.82) is 0 Å². The van der Waals surface area contributed by atoms with Gasteiger partial charge in [0.2, 0.25) is 0 Å². The van der Waals surface area contributed by atoms with E-state index < -0.39 is 9.84 Å². The van der Waals surface area contributed by atoms with Gasteiger partial charge in [0, 0.05) is 18.0 Å². The number of para-hydroxylation sites is 1. The maximum Gasteiger partial charge on any atom is 0.180 e. The fourth-order valence-corrected chi connectivity index (χ4v) is 4.53. The van der Waals surface area contributed by atoms with Crippen LogP contribution in [0.5, 0.6) is 0 Å². The molecule has 2 heterocycles. The van der Waals surface area contributed by atoms with E-state index >= 15 is 0 Å². The average molecular weight is 337 g/mol. The molecular weight excluding hydrogens is 318 g/mol. The zero-order chi connectivity index (χ0) is 15.6. The van der Waals surface area contributed by atoms with Gasteiger partial charge in [0.25, 0.3) is 0 Å². The maximum atomic E-state index is 12.3. The van der Waals surface area contributed by atoms with Gasteiger partial charge in [0.05, 0.1) is 22.9 Å². The Kier molecular flexibility index (Phi) is 4.52. The van der Waals surface area contributed by atoms with Crippen LogP contribution in [0.3, 0.4) is 0 Å². The van der Waals surface area contributed by atoms with Crippen LogP contribution in [0.25, 0.3) is 0 Å². The number of ether oxygens (including phenoxy) is 1. The molecule has 118 valence electrons. The highest BCUT2D eigenvalue weighted by Crippen LogP contribution is 2.32. The molecule has 1 aliphatic rings. The Hall–Kier alpha value is -1.37. The van der Waals surface area contributed by atoms with E-state index in [1.165, 1.54) is 4.88 Å². The van der Waals surface area contributed by atoms with Gasteiger partial charge in [0.1, 0.15) is 6.10 Å². The smallest absolute Gasteiger partial charge is 0.180 e. The van der Waals surface area contributed by atoms with Crippen LogP contribution in [0.2, 0.25) is 0 Å². The Labute approximate surface area is 135 Å². The minimum absolute atomic E-state index is 0.00568. The lowest BCUT2D eigenvalue weighted by Gasteiger charge is -2.35. The van der Waals surface area contributed by atoms with Crippen LogP contribution in [0.4, 0.5) is 5.69 Å². The molecule has 1 aromatic carbocycles. The van der Waals surface area contributed by atoms with E-state index in [2.05, 4.69) is 11.0 Å². The van der Waals surface area contributed by atoms with Crippen molar-refractivity contribution < 1.29 is 13.2 Å². The number of sulfone groups is 1. The fraction of sp³-hybridized carbons (Fsp3) is 0.375. The molecule has 22 heavy (non-hydrogen) atoms. The van der Waals surface area contributed by atoms with Crippen LogP contribution in [-0.4, -0.2) is 33.9 Å². The van der Waals surface area contributed by atoms with Gasteiger partial charge in [-0.15, -0.1) is 11.3 Å². The predicted molar refractivity (Wildman–Crippen MR) is 89.4 cm³/mol. The molecule has 0 radical (unpaired) electrons. The average Bonchev–Trinajstić information content (AvgIpc) is 3.09. The summed E-state index contributed by atoms with van der Waals surface area (Å²) >= 11 is 1.67. The van der Waals surface area contributed by atoms with Gasteiger partial charge < -0.3 is 9.64 Å². The number of anilines is 1. The molecular formula is C16H19NO3S2. The van der Waals surface area contributed by atoms with Gasteiger partial charge >= 0.3 is 0 Å². The summed E-state index contributed by atoms with van der Waals surface area (Å²) in [5.74, 6) is 0.114. The van der Waals surface area contributed by atoms with Gasteiger partial charge in [-0.3, -0.25) is 0 Å². The molecule has 0 unspecified atom stereocenters. The van der Waals surface area contributed by atoms with Gasteiger partial charge in [-0.2, -0.15) is 0 Å². The Balaban J connectivity index is 1.91. The normalized spacial score (nSPS) is 19.3. The molecule has 0 amide bonds. The molecule has 1 atom stereocenters. The summed E-state index contributed by atoms with van der Waals surface area (Å²) in [6.07, 6.45) is 0.00568. The summed E-state index contributed by atoms with van der Waals surface area (Å²) in [4.78, 5) is 3.72. The molecule has 0 saturated carbocycles. The number of benzene rings is 1. The molecule has 3 rings (SSSR count). The third kappa shape index (κ3) is 3.04. The SMILES string of the molecule is CCS(=O)(=O)c1ccccc1N1CCO[C@@H](c2cccs2)C1. The van der Waals surface area contributed by atoms with E-state index in [4.69, 9.17) is 4.74 Å². The van der Waals surface area contributed by atoms with Crippen molar-refractivity contribution in [1.82, 2.24) is 0 Å². The van der Waals surface area contributed by atoms with Gasteiger partial charge in [0.15, 0.2) is 9.84 Å². The molecule has 2 aromatic rings. The Morgan fingerprint density at radius 3 is 2.82 bits per heavy atom. The molecule has 1 aliphatic heterocycles. The molecule has 1 saturated heterocycles. The first-order chi connectivity index (χ1) is 10.6. The van der Waals surface area contributed by atoms with Gasteiger partial charge in [-0.05, 0) is 23.6 Å². The lowest BCUT2D eigenvalue weighted by Crippen LogP contribution is -2.38. The molecule has 0 spiro atoms. The third-order valence-electron chi connectivity index (χ3n) is 3.85. The van der Waals surface area contributed by atoms with Crippen molar-refractivity contribution in [2.45, 2.75) is 17.9 Å².